The van der Waals surface area contributed by atoms with Gasteiger partial charge in [0.15, 0.2) is 0 Å². The lowest BCUT2D eigenvalue weighted by molar-refractivity contribution is -0.119. The lowest BCUT2D eigenvalue weighted by atomic mass is 9.86. The van der Waals surface area contributed by atoms with E-state index in [1.807, 2.05) is 0 Å². The van der Waals surface area contributed by atoms with Crippen LogP contribution < -0.4 is 5.32 Å². The van der Waals surface area contributed by atoms with Crippen molar-refractivity contribution in [2.24, 2.45) is 5.92 Å². The number of hydrogen-bond acceptors (Lipinski definition) is 3. The third-order valence-corrected chi connectivity index (χ3v) is 5.41. The molecule has 1 aromatic carbocycles. The van der Waals surface area contributed by atoms with Crippen LogP contribution in [0.4, 0.5) is 0 Å². The largest absolute Gasteiger partial charge is 0.393 e. The van der Waals surface area contributed by atoms with Crippen LogP contribution in [0.1, 0.15) is 25.7 Å². The number of hydrogen-bond donors (Lipinski definition) is 2. The lowest BCUT2D eigenvalue weighted by Crippen LogP contribution is -2.37. The lowest BCUT2D eigenvalue weighted by Gasteiger charge is -2.27. The first-order chi connectivity index (χ1) is 10.1. The van der Waals surface area contributed by atoms with Gasteiger partial charge in [0, 0.05) is 22.4 Å². The first kappa shape index (κ1) is 16.9. The highest BCUT2D eigenvalue weighted by Gasteiger charge is 2.23. The molecule has 2 rings (SSSR count). The van der Waals surface area contributed by atoms with Gasteiger partial charge in [-0.2, -0.15) is 0 Å². The molecule has 0 saturated heterocycles. The van der Waals surface area contributed by atoms with Crippen molar-refractivity contribution in [3.63, 3.8) is 0 Å². The van der Waals surface area contributed by atoms with E-state index in [1.54, 1.807) is 18.2 Å². The summed E-state index contributed by atoms with van der Waals surface area (Å²) < 4.78 is 0. The third kappa shape index (κ3) is 5.37. The van der Waals surface area contributed by atoms with Crippen LogP contribution in [0.25, 0.3) is 0 Å². The summed E-state index contributed by atoms with van der Waals surface area (Å²) in [5.74, 6) is 0.430. The SMILES string of the molecule is O=C(CSc1cc(Cl)ccc1Cl)NCC1CCCCC1O. The van der Waals surface area contributed by atoms with E-state index < -0.39 is 0 Å². The highest BCUT2D eigenvalue weighted by Crippen LogP contribution is 2.29. The van der Waals surface area contributed by atoms with Gasteiger partial charge in [-0.3, -0.25) is 4.79 Å². The zero-order valence-corrected chi connectivity index (χ0v) is 14.0. The molecule has 0 bridgehead atoms. The number of nitrogens with one attached hydrogen (secondary N) is 1. The summed E-state index contributed by atoms with van der Waals surface area (Å²) in [6, 6.07) is 5.20. The Morgan fingerprint density at radius 2 is 2.10 bits per heavy atom. The summed E-state index contributed by atoms with van der Waals surface area (Å²) in [6.07, 6.45) is 3.75. The average Bonchev–Trinajstić information content (AvgIpc) is 2.47. The molecule has 6 heteroatoms. The second-order valence-corrected chi connectivity index (χ2v) is 7.14. The minimum atomic E-state index is -0.283. The van der Waals surface area contributed by atoms with Gasteiger partial charge in [0.2, 0.25) is 5.91 Å². The molecule has 1 amide bonds. The zero-order chi connectivity index (χ0) is 15.2. The molecule has 0 radical (unpaired) electrons. The number of carbonyl (C=O) groups is 1. The second-order valence-electron chi connectivity index (χ2n) is 5.28. The zero-order valence-electron chi connectivity index (χ0n) is 11.6. The summed E-state index contributed by atoms with van der Waals surface area (Å²) in [5, 5.41) is 14.0. The quantitative estimate of drug-likeness (QED) is 0.797. The maximum Gasteiger partial charge on any atom is 0.230 e. The molecule has 3 nitrogen and oxygen atoms in total. The predicted octanol–water partition coefficient (Wildman–Crippen LogP) is 3.75. The number of amides is 1. The molecule has 0 aliphatic heterocycles. The van der Waals surface area contributed by atoms with E-state index in [0.29, 0.717) is 22.3 Å². The van der Waals surface area contributed by atoms with Crippen LogP contribution in [0.5, 0.6) is 0 Å². The Kier molecular flexibility index (Phi) is 6.68. The van der Waals surface area contributed by atoms with Crippen LogP contribution in [0, 0.1) is 5.92 Å². The van der Waals surface area contributed by atoms with Crippen molar-refractivity contribution >= 4 is 40.9 Å². The highest BCUT2D eigenvalue weighted by molar-refractivity contribution is 8.00. The van der Waals surface area contributed by atoms with Gasteiger partial charge in [-0.05, 0) is 31.0 Å². The van der Waals surface area contributed by atoms with Gasteiger partial charge in [0.25, 0.3) is 0 Å². The number of rotatable bonds is 5. The van der Waals surface area contributed by atoms with Crippen LogP contribution in [-0.4, -0.2) is 29.4 Å². The van der Waals surface area contributed by atoms with E-state index in [4.69, 9.17) is 23.2 Å². The maximum absolute atomic E-state index is 11.9. The van der Waals surface area contributed by atoms with Crippen molar-refractivity contribution in [1.29, 1.82) is 0 Å². The smallest absolute Gasteiger partial charge is 0.230 e. The molecule has 1 saturated carbocycles. The van der Waals surface area contributed by atoms with Gasteiger partial charge < -0.3 is 10.4 Å². The van der Waals surface area contributed by atoms with Crippen LogP contribution in [-0.2, 0) is 4.79 Å². The monoisotopic (exact) mass is 347 g/mol. The molecule has 2 N–H and O–H groups in total. The summed E-state index contributed by atoms with van der Waals surface area (Å²) >= 11 is 13.3. The number of aliphatic hydroxyl groups is 1. The number of thioether (sulfide) groups is 1. The molecule has 0 aromatic heterocycles. The van der Waals surface area contributed by atoms with Crippen LogP contribution in [0.3, 0.4) is 0 Å². The molecule has 1 aliphatic carbocycles. The van der Waals surface area contributed by atoms with Gasteiger partial charge in [-0.15, -0.1) is 11.8 Å². The fourth-order valence-electron chi connectivity index (χ4n) is 2.45. The first-order valence-electron chi connectivity index (χ1n) is 7.09. The Hall–Kier alpha value is -0.420. The Morgan fingerprint density at radius 3 is 2.86 bits per heavy atom. The van der Waals surface area contributed by atoms with Gasteiger partial charge >= 0.3 is 0 Å². The van der Waals surface area contributed by atoms with Gasteiger partial charge in [-0.1, -0.05) is 36.0 Å². The number of halogens is 2. The minimum Gasteiger partial charge on any atom is -0.393 e. The van der Waals surface area contributed by atoms with E-state index in [9.17, 15) is 9.90 Å². The minimum absolute atomic E-state index is 0.0474. The molecule has 0 heterocycles. The second kappa shape index (κ2) is 8.28. The summed E-state index contributed by atoms with van der Waals surface area (Å²) in [4.78, 5) is 12.7. The molecule has 2 atom stereocenters. The van der Waals surface area contributed by atoms with Gasteiger partial charge in [-0.25, -0.2) is 0 Å². The Labute approximate surface area is 139 Å². The molecule has 0 spiro atoms. The molecule has 1 fully saturated rings. The van der Waals surface area contributed by atoms with Crippen LogP contribution >= 0.6 is 35.0 Å². The molecule has 2 unspecified atom stereocenters. The molecule has 1 aromatic rings. The fourth-order valence-corrected chi connectivity index (χ4v) is 3.78. The Bertz CT molecular complexity index is 499. The standard InChI is InChI=1S/C15H19Cl2NO2S/c16-11-5-6-12(17)14(7-11)21-9-15(20)18-8-10-3-1-2-4-13(10)19/h5-7,10,13,19H,1-4,8-9H2,(H,18,20). The maximum atomic E-state index is 11.9. The molecule has 1 aliphatic rings. The van der Waals surface area contributed by atoms with E-state index in [0.717, 1.165) is 30.6 Å². The van der Waals surface area contributed by atoms with Crippen molar-refractivity contribution in [3.05, 3.63) is 28.2 Å². The average molecular weight is 348 g/mol. The fraction of sp³-hybridized carbons (Fsp3) is 0.533. The van der Waals surface area contributed by atoms with Gasteiger partial charge in [0.05, 0.1) is 16.9 Å². The highest BCUT2D eigenvalue weighted by atomic mass is 35.5. The van der Waals surface area contributed by atoms with Crippen molar-refractivity contribution in [2.45, 2.75) is 36.7 Å². The number of aliphatic hydroxyl groups excluding tert-OH is 1. The van der Waals surface area contributed by atoms with E-state index in [-0.39, 0.29) is 17.9 Å². The first-order valence-corrected chi connectivity index (χ1v) is 8.83. The van der Waals surface area contributed by atoms with Crippen molar-refractivity contribution in [2.75, 3.05) is 12.3 Å². The van der Waals surface area contributed by atoms with Crippen LogP contribution in [0.15, 0.2) is 23.1 Å². The summed E-state index contributed by atoms with van der Waals surface area (Å²) in [7, 11) is 0. The van der Waals surface area contributed by atoms with Gasteiger partial charge in [0.1, 0.15) is 0 Å². The van der Waals surface area contributed by atoms with E-state index >= 15 is 0 Å². The van der Waals surface area contributed by atoms with Crippen molar-refractivity contribution in [1.82, 2.24) is 5.32 Å². The summed E-state index contributed by atoms with van der Waals surface area (Å²) in [5.41, 5.74) is 0. The molecule has 116 valence electrons. The topological polar surface area (TPSA) is 49.3 Å². The third-order valence-electron chi connectivity index (χ3n) is 3.68. The van der Waals surface area contributed by atoms with E-state index in [2.05, 4.69) is 5.32 Å². The number of benzene rings is 1. The number of carbonyl (C=O) groups excluding carboxylic acids is 1. The summed E-state index contributed by atoms with van der Waals surface area (Å²) in [6.45, 7) is 0.545. The normalized spacial score (nSPS) is 22.0. The predicted molar refractivity (Wildman–Crippen MR) is 88.2 cm³/mol. The van der Waals surface area contributed by atoms with Crippen molar-refractivity contribution < 1.29 is 9.90 Å². The molecular weight excluding hydrogens is 329 g/mol. The van der Waals surface area contributed by atoms with Crippen LogP contribution in [0.2, 0.25) is 10.0 Å². The molecule has 21 heavy (non-hydrogen) atoms. The van der Waals surface area contributed by atoms with E-state index in [1.165, 1.54) is 11.8 Å². The molecular formula is C15H19Cl2NO2S. The Morgan fingerprint density at radius 1 is 1.33 bits per heavy atom. The Balaban J connectivity index is 1.75. The van der Waals surface area contributed by atoms with Crippen molar-refractivity contribution in [3.8, 4) is 0 Å².